The Morgan fingerprint density at radius 3 is 2.32 bits per heavy atom. The van der Waals surface area contributed by atoms with Crippen LogP contribution in [0.3, 0.4) is 0 Å². The van der Waals surface area contributed by atoms with Crippen LogP contribution in [-0.4, -0.2) is 32.2 Å². The van der Waals surface area contributed by atoms with Crippen molar-refractivity contribution in [2.75, 3.05) is 21.3 Å². The maximum absolute atomic E-state index is 12.9. The van der Waals surface area contributed by atoms with Gasteiger partial charge in [-0.3, -0.25) is 4.79 Å². The highest BCUT2D eigenvalue weighted by Crippen LogP contribution is 2.36. The predicted molar refractivity (Wildman–Crippen MR) is 123 cm³/mol. The van der Waals surface area contributed by atoms with Crippen molar-refractivity contribution >= 4 is 17.9 Å². The van der Waals surface area contributed by atoms with Crippen LogP contribution in [0.25, 0.3) is 12.2 Å². The van der Waals surface area contributed by atoms with Crippen molar-refractivity contribution in [3.05, 3.63) is 77.1 Å². The lowest BCUT2D eigenvalue weighted by Crippen LogP contribution is -2.03. The molecule has 0 spiro atoms. The summed E-state index contributed by atoms with van der Waals surface area (Å²) in [7, 11) is 4.75. The molecule has 0 heterocycles. The first-order valence-electron chi connectivity index (χ1n) is 10.2. The zero-order valence-electron chi connectivity index (χ0n) is 18.1. The molecule has 3 rings (SSSR count). The van der Waals surface area contributed by atoms with Crippen LogP contribution in [-0.2, 0) is 4.79 Å². The Hall–Kier alpha value is -3.47. The Kier molecular flexibility index (Phi) is 7.55. The van der Waals surface area contributed by atoms with Crippen molar-refractivity contribution in [3.63, 3.8) is 0 Å². The zero-order valence-corrected chi connectivity index (χ0v) is 18.1. The van der Waals surface area contributed by atoms with E-state index in [1.165, 1.54) is 6.08 Å². The number of carbonyl (C=O) groups is 1. The van der Waals surface area contributed by atoms with Gasteiger partial charge in [-0.15, -0.1) is 0 Å². The van der Waals surface area contributed by atoms with Gasteiger partial charge in [0.15, 0.2) is 17.3 Å². The van der Waals surface area contributed by atoms with Crippen molar-refractivity contribution in [3.8, 4) is 17.2 Å². The van der Waals surface area contributed by atoms with Crippen molar-refractivity contribution in [1.82, 2.24) is 0 Å². The molecule has 1 saturated carbocycles. The van der Waals surface area contributed by atoms with E-state index in [1.54, 1.807) is 51.7 Å². The van der Waals surface area contributed by atoms with E-state index in [-0.39, 0.29) is 11.5 Å². The number of aliphatic hydroxyl groups excluding tert-OH is 1. The molecule has 31 heavy (non-hydrogen) atoms. The number of rotatable bonds is 10. The van der Waals surface area contributed by atoms with Gasteiger partial charge in [0.25, 0.3) is 0 Å². The molecule has 1 N–H and O–H groups in total. The number of ketones is 1. The van der Waals surface area contributed by atoms with Crippen LogP contribution in [0.4, 0.5) is 0 Å². The Labute approximate surface area is 183 Å². The Morgan fingerprint density at radius 1 is 0.935 bits per heavy atom. The first-order valence-corrected chi connectivity index (χ1v) is 10.2. The number of methoxy groups -OCH3 is 3. The maximum Gasteiger partial charge on any atom is 0.185 e. The van der Waals surface area contributed by atoms with Gasteiger partial charge in [-0.05, 0) is 72.7 Å². The maximum atomic E-state index is 12.9. The summed E-state index contributed by atoms with van der Waals surface area (Å²) in [6.45, 7) is 0. The molecular weight excluding hydrogens is 392 g/mol. The minimum atomic E-state index is -0.200. The summed E-state index contributed by atoms with van der Waals surface area (Å²) in [6.07, 6.45) is 9.31. The number of ether oxygens (including phenoxy) is 3. The largest absolute Gasteiger partial charge is 0.508 e. The van der Waals surface area contributed by atoms with E-state index >= 15 is 0 Å². The molecule has 1 fully saturated rings. The quantitative estimate of drug-likeness (QED) is 0.307. The number of hydrogen-bond donors (Lipinski definition) is 1. The molecule has 2 aromatic carbocycles. The van der Waals surface area contributed by atoms with Crippen LogP contribution in [0.5, 0.6) is 17.2 Å². The summed E-state index contributed by atoms with van der Waals surface area (Å²) in [4.78, 5) is 12.9. The molecule has 2 aromatic rings. The molecular formula is C26H28O5. The molecule has 0 radical (unpaired) electrons. The normalized spacial score (nSPS) is 14.5. The Morgan fingerprint density at radius 2 is 1.65 bits per heavy atom. The third-order valence-corrected chi connectivity index (χ3v) is 5.16. The van der Waals surface area contributed by atoms with Crippen molar-refractivity contribution in [2.45, 2.75) is 19.3 Å². The standard InChI is InChI=1S/C26H28O5/c1-29-21-6-4-5-18(15-21)9-12-23(27)22(16-19-7-8-19)24(28)13-10-20-11-14-25(30-2)26(17-20)31-3/h4-6,9-15,17,19,27H,7-8,16H2,1-3H3/b12-9+,13-10+,23-22-. The monoisotopic (exact) mass is 420 g/mol. The molecule has 0 bridgehead atoms. The zero-order chi connectivity index (χ0) is 22.2. The van der Waals surface area contributed by atoms with Gasteiger partial charge >= 0.3 is 0 Å². The van der Waals surface area contributed by atoms with Gasteiger partial charge in [-0.1, -0.05) is 30.4 Å². The topological polar surface area (TPSA) is 65.0 Å². The second-order valence-electron chi connectivity index (χ2n) is 7.43. The van der Waals surface area contributed by atoms with Crippen LogP contribution >= 0.6 is 0 Å². The number of hydrogen-bond acceptors (Lipinski definition) is 5. The molecule has 5 heteroatoms. The van der Waals surface area contributed by atoms with Crippen molar-refractivity contribution in [1.29, 1.82) is 0 Å². The first kappa shape index (κ1) is 22.2. The molecule has 1 aliphatic carbocycles. The molecule has 0 atom stereocenters. The molecule has 162 valence electrons. The van der Waals surface area contributed by atoms with E-state index in [1.807, 2.05) is 30.3 Å². The van der Waals surface area contributed by atoms with Crippen LogP contribution < -0.4 is 14.2 Å². The van der Waals surface area contributed by atoms with E-state index < -0.39 is 0 Å². The lowest BCUT2D eigenvalue weighted by Gasteiger charge is -2.08. The fraction of sp³-hybridized carbons (Fsp3) is 0.269. The number of benzene rings is 2. The molecule has 0 amide bonds. The summed E-state index contributed by atoms with van der Waals surface area (Å²) in [5, 5.41) is 10.7. The number of allylic oxidation sites excluding steroid dienone is 3. The third kappa shape index (κ3) is 6.25. The van der Waals surface area contributed by atoms with Gasteiger partial charge in [0.05, 0.1) is 21.3 Å². The summed E-state index contributed by atoms with van der Waals surface area (Å²) >= 11 is 0. The average molecular weight is 421 g/mol. The molecule has 0 unspecified atom stereocenters. The minimum absolute atomic E-state index is 0.00307. The predicted octanol–water partition coefficient (Wildman–Crippen LogP) is 5.62. The van der Waals surface area contributed by atoms with Gasteiger partial charge in [0, 0.05) is 5.57 Å². The highest BCUT2D eigenvalue weighted by molar-refractivity contribution is 6.07. The van der Waals surface area contributed by atoms with E-state index in [0.29, 0.717) is 29.4 Å². The summed E-state index contributed by atoms with van der Waals surface area (Å²) in [5.74, 6) is 2.21. The summed E-state index contributed by atoms with van der Waals surface area (Å²) in [5.41, 5.74) is 2.12. The van der Waals surface area contributed by atoms with E-state index in [0.717, 1.165) is 29.7 Å². The smallest absolute Gasteiger partial charge is 0.185 e. The van der Waals surface area contributed by atoms with Crippen molar-refractivity contribution in [2.24, 2.45) is 5.92 Å². The van der Waals surface area contributed by atoms with Gasteiger partial charge in [0.1, 0.15) is 11.5 Å². The molecule has 5 nitrogen and oxygen atoms in total. The van der Waals surface area contributed by atoms with Crippen LogP contribution in [0.2, 0.25) is 0 Å². The van der Waals surface area contributed by atoms with Gasteiger partial charge < -0.3 is 19.3 Å². The van der Waals surface area contributed by atoms with Crippen LogP contribution in [0.1, 0.15) is 30.4 Å². The van der Waals surface area contributed by atoms with Crippen LogP contribution in [0.15, 0.2) is 65.9 Å². The SMILES string of the molecule is COc1cccc(/C=C/C(O)=C(\CC2CC2)C(=O)/C=C/c2ccc(OC)c(OC)c2)c1. The van der Waals surface area contributed by atoms with E-state index in [2.05, 4.69) is 0 Å². The lowest BCUT2D eigenvalue weighted by molar-refractivity contribution is -0.111. The Balaban J connectivity index is 1.81. The highest BCUT2D eigenvalue weighted by atomic mass is 16.5. The third-order valence-electron chi connectivity index (χ3n) is 5.16. The summed E-state index contributed by atoms with van der Waals surface area (Å²) in [6, 6.07) is 12.9. The molecule has 0 saturated heterocycles. The first-order chi connectivity index (χ1) is 15.0. The summed E-state index contributed by atoms with van der Waals surface area (Å²) < 4.78 is 15.8. The van der Waals surface area contributed by atoms with Crippen LogP contribution in [0, 0.1) is 5.92 Å². The highest BCUT2D eigenvalue weighted by Gasteiger charge is 2.26. The van der Waals surface area contributed by atoms with E-state index in [9.17, 15) is 9.90 Å². The number of aliphatic hydroxyl groups is 1. The second kappa shape index (κ2) is 10.5. The fourth-order valence-electron chi connectivity index (χ4n) is 3.19. The molecule has 0 aromatic heterocycles. The molecule has 0 aliphatic heterocycles. The van der Waals surface area contributed by atoms with Gasteiger partial charge in [0.2, 0.25) is 0 Å². The minimum Gasteiger partial charge on any atom is -0.508 e. The lowest BCUT2D eigenvalue weighted by atomic mass is 10.0. The fourth-order valence-corrected chi connectivity index (χ4v) is 3.19. The van der Waals surface area contributed by atoms with Crippen molar-refractivity contribution < 1.29 is 24.1 Å². The van der Waals surface area contributed by atoms with E-state index in [4.69, 9.17) is 14.2 Å². The Bertz CT molecular complexity index is 1010. The van der Waals surface area contributed by atoms with Gasteiger partial charge in [-0.25, -0.2) is 0 Å². The number of carbonyl (C=O) groups excluding carboxylic acids is 1. The molecule has 1 aliphatic rings. The van der Waals surface area contributed by atoms with Gasteiger partial charge in [-0.2, -0.15) is 0 Å². The average Bonchev–Trinajstić information content (AvgIpc) is 3.63. The second-order valence-corrected chi connectivity index (χ2v) is 7.43.